The van der Waals surface area contributed by atoms with Crippen molar-refractivity contribution in [3.8, 4) is 0 Å². The highest BCUT2D eigenvalue weighted by Crippen LogP contribution is 2.29. The first kappa shape index (κ1) is 22.7. The topological polar surface area (TPSA) is 69.7 Å². The summed E-state index contributed by atoms with van der Waals surface area (Å²) < 4.78 is 41.0. The van der Waals surface area contributed by atoms with E-state index in [9.17, 15) is 17.6 Å². The fourth-order valence-corrected chi connectivity index (χ4v) is 5.96. The predicted octanol–water partition coefficient (Wildman–Crippen LogP) is 3.57. The van der Waals surface area contributed by atoms with Crippen molar-refractivity contribution in [2.75, 3.05) is 37.6 Å². The van der Waals surface area contributed by atoms with E-state index in [0.29, 0.717) is 31.6 Å². The minimum absolute atomic E-state index is 0.172. The Balaban J connectivity index is 1.55. The lowest BCUT2D eigenvalue weighted by Crippen LogP contribution is -2.36. The molecule has 2 aromatic rings. The molecule has 0 aromatic heterocycles. The van der Waals surface area contributed by atoms with Crippen LogP contribution in [-0.2, 0) is 16.4 Å². The number of sulfonamides is 1. The van der Waals surface area contributed by atoms with E-state index in [0.717, 1.165) is 56.4 Å². The molecule has 4 rings (SSSR count). The zero-order valence-corrected chi connectivity index (χ0v) is 19.0. The van der Waals surface area contributed by atoms with Gasteiger partial charge in [-0.25, -0.2) is 12.8 Å². The Morgan fingerprint density at radius 3 is 2.25 bits per heavy atom. The number of hydrogen-bond acceptors (Lipinski definition) is 4. The molecule has 0 bridgehead atoms. The van der Waals surface area contributed by atoms with Crippen LogP contribution in [0.25, 0.3) is 0 Å². The number of nitrogens with one attached hydrogen (secondary N) is 1. The van der Waals surface area contributed by atoms with Gasteiger partial charge in [0, 0.05) is 38.4 Å². The van der Waals surface area contributed by atoms with Crippen molar-refractivity contribution in [1.29, 1.82) is 0 Å². The second kappa shape index (κ2) is 10.0. The Kier molecular flexibility index (Phi) is 7.10. The van der Waals surface area contributed by atoms with Crippen LogP contribution in [0.1, 0.15) is 48.0 Å². The number of anilines is 1. The highest BCUT2D eigenvalue weighted by molar-refractivity contribution is 7.89. The number of carbonyl (C=O) groups is 1. The van der Waals surface area contributed by atoms with Gasteiger partial charge in [-0.05, 0) is 68.0 Å². The lowest BCUT2D eigenvalue weighted by atomic mass is 10.1. The second-order valence-electron chi connectivity index (χ2n) is 8.47. The van der Waals surface area contributed by atoms with Crippen molar-refractivity contribution in [2.45, 2.75) is 43.4 Å². The van der Waals surface area contributed by atoms with E-state index >= 15 is 0 Å². The smallest absolute Gasteiger partial charge is 0.253 e. The van der Waals surface area contributed by atoms with Crippen LogP contribution in [-0.4, -0.2) is 51.4 Å². The largest absolute Gasteiger partial charge is 0.371 e. The van der Waals surface area contributed by atoms with Gasteiger partial charge < -0.3 is 10.2 Å². The van der Waals surface area contributed by atoms with Crippen LogP contribution in [0.4, 0.5) is 10.1 Å². The molecule has 2 aliphatic rings. The first-order valence-corrected chi connectivity index (χ1v) is 12.8. The van der Waals surface area contributed by atoms with Gasteiger partial charge in [-0.1, -0.05) is 18.6 Å². The molecular weight excluding hydrogens is 429 g/mol. The van der Waals surface area contributed by atoms with Crippen LogP contribution in [0.2, 0.25) is 0 Å². The molecular formula is C24H30FN3O3S. The van der Waals surface area contributed by atoms with Crippen LogP contribution in [0.3, 0.4) is 0 Å². The van der Waals surface area contributed by atoms with Gasteiger partial charge in [-0.2, -0.15) is 4.31 Å². The van der Waals surface area contributed by atoms with E-state index < -0.39 is 10.0 Å². The predicted molar refractivity (Wildman–Crippen MR) is 123 cm³/mol. The van der Waals surface area contributed by atoms with Gasteiger partial charge in [0.25, 0.3) is 5.91 Å². The van der Waals surface area contributed by atoms with Gasteiger partial charge >= 0.3 is 0 Å². The quantitative estimate of drug-likeness (QED) is 0.687. The lowest BCUT2D eigenvalue weighted by Gasteiger charge is -2.27. The molecule has 6 nitrogen and oxygen atoms in total. The van der Waals surface area contributed by atoms with E-state index in [2.05, 4.69) is 10.2 Å². The molecule has 1 N–H and O–H groups in total. The van der Waals surface area contributed by atoms with Gasteiger partial charge in [-0.15, -0.1) is 0 Å². The molecule has 0 aliphatic carbocycles. The van der Waals surface area contributed by atoms with Gasteiger partial charge in [0.2, 0.25) is 10.0 Å². The third-order valence-electron chi connectivity index (χ3n) is 6.22. The average Bonchev–Trinajstić information content (AvgIpc) is 3.35. The number of amides is 1. The summed E-state index contributed by atoms with van der Waals surface area (Å²) in [6.45, 7) is 3.14. The normalized spacial score (nSPS) is 17.5. The van der Waals surface area contributed by atoms with Crippen molar-refractivity contribution in [1.82, 2.24) is 9.62 Å². The van der Waals surface area contributed by atoms with Crippen LogP contribution in [0.5, 0.6) is 0 Å². The third kappa shape index (κ3) is 5.13. The number of benzene rings is 2. The third-order valence-corrected chi connectivity index (χ3v) is 8.12. The maximum atomic E-state index is 13.2. The number of piperidine rings is 1. The highest BCUT2D eigenvalue weighted by Gasteiger charge is 2.28. The lowest BCUT2D eigenvalue weighted by molar-refractivity contribution is 0.0954. The molecule has 8 heteroatoms. The van der Waals surface area contributed by atoms with Crippen molar-refractivity contribution in [2.24, 2.45) is 0 Å². The van der Waals surface area contributed by atoms with E-state index in [1.54, 1.807) is 24.3 Å². The molecule has 172 valence electrons. The van der Waals surface area contributed by atoms with Crippen molar-refractivity contribution in [3.05, 3.63) is 59.4 Å². The minimum atomic E-state index is -3.63. The summed E-state index contributed by atoms with van der Waals surface area (Å²) in [5.74, 6) is -0.579. The second-order valence-corrected chi connectivity index (χ2v) is 10.4. The zero-order valence-electron chi connectivity index (χ0n) is 18.2. The Morgan fingerprint density at radius 1 is 0.906 bits per heavy atom. The Labute approximate surface area is 189 Å². The van der Waals surface area contributed by atoms with Crippen LogP contribution in [0.15, 0.2) is 47.4 Å². The summed E-state index contributed by atoms with van der Waals surface area (Å²) in [5, 5.41) is 2.92. The maximum Gasteiger partial charge on any atom is 0.253 e. The fraction of sp³-hybridized carbons (Fsp3) is 0.458. The Hall–Kier alpha value is -2.45. The molecule has 0 unspecified atom stereocenters. The van der Waals surface area contributed by atoms with E-state index in [-0.39, 0.29) is 16.6 Å². The van der Waals surface area contributed by atoms with Crippen molar-refractivity contribution in [3.63, 3.8) is 0 Å². The van der Waals surface area contributed by atoms with E-state index in [4.69, 9.17) is 0 Å². The Bertz CT molecular complexity index is 1040. The summed E-state index contributed by atoms with van der Waals surface area (Å²) in [6.07, 6.45) is 5.45. The molecule has 32 heavy (non-hydrogen) atoms. The van der Waals surface area contributed by atoms with E-state index in [1.807, 2.05) is 0 Å². The molecule has 2 aliphatic heterocycles. The molecule has 2 saturated heterocycles. The number of carbonyl (C=O) groups excluding carboxylic acids is 1. The van der Waals surface area contributed by atoms with Gasteiger partial charge in [0.05, 0.1) is 10.5 Å². The number of halogens is 1. The molecule has 1 amide bonds. The standard InChI is InChI=1S/C24H30FN3O3S/c25-20-8-6-19(7-9-20)12-13-26-24(29)22-18-21(10-11-23(22)27-14-4-5-15-27)32(30,31)28-16-2-1-3-17-28/h6-11,18H,1-5,12-17H2,(H,26,29). The molecule has 0 atom stereocenters. The Morgan fingerprint density at radius 2 is 1.56 bits per heavy atom. The molecule has 2 fully saturated rings. The van der Waals surface area contributed by atoms with Gasteiger partial charge in [0.15, 0.2) is 0 Å². The average molecular weight is 460 g/mol. The van der Waals surface area contributed by atoms with E-state index in [1.165, 1.54) is 22.5 Å². The summed E-state index contributed by atoms with van der Waals surface area (Å²) in [5.41, 5.74) is 2.09. The van der Waals surface area contributed by atoms with Crippen LogP contribution < -0.4 is 10.2 Å². The molecule has 2 aromatic carbocycles. The first-order chi connectivity index (χ1) is 15.4. The summed E-state index contributed by atoms with van der Waals surface area (Å²) in [4.78, 5) is 15.4. The van der Waals surface area contributed by atoms with Crippen molar-refractivity contribution >= 4 is 21.6 Å². The first-order valence-electron chi connectivity index (χ1n) is 11.4. The SMILES string of the molecule is O=C(NCCc1ccc(F)cc1)c1cc(S(=O)(=O)N2CCCCC2)ccc1N1CCCC1. The fourth-order valence-electron chi connectivity index (χ4n) is 4.41. The molecule has 0 spiro atoms. The zero-order chi connectivity index (χ0) is 22.6. The number of nitrogens with zero attached hydrogens (tertiary/aromatic N) is 2. The van der Waals surface area contributed by atoms with Gasteiger partial charge in [0.1, 0.15) is 5.82 Å². The van der Waals surface area contributed by atoms with Gasteiger partial charge in [-0.3, -0.25) is 4.79 Å². The van der Waals surface area contributed by atoms with Crippen LogP contribution in [0, 0.1) is 5.82 Å². The molecule has 2 heterocycles. The highest BCUT2D eigenvalue weighted by atomic mass is 32.2. The maximum absolute atomic E-state index is 13.2. The number of hydrogen-bond donors (Lipinski definition) is 1. The van der Waals surface area contributed by atoms with Crippen molar-refractivity contribution < 1.29 is 17.6 Å². The summed E-state index contributed by atoms with van der Waals surface area (Å²) in [6, 6.07) is 11.1. The summed E-state index contributed by atoms with van der Waals surface area (Å²) in [7, 11) is -3.63. The van der Waals surface area contributed by atoms with Crippen LogP contribution >= 0.6 is 0 Å². The molecule has 0 saturated carbocycles. The monoisotopic (exact) mass is 459 g/mol. The molecule has 0 radical (unpaired) electrons. The number of rotatable bonds is 7. The summed E-state index contributed by atoms with van der Waals surface area (Å²) >= 11 is 0. The minimum Gasteiger partial charge on any atom is -0.371 e.